The standard InChI is InChI=1S/C16H13Cl2N3O/c17-13-2-1-9(5-14(13)18)15-6-11(10-3-4-22-8-10)12(7-19)16(20)21-15/h1-2,5-6,10H,3-4,8H2,(H2,20,21)/t10-/m1/s1. The molecule has 1 aliphatic rings. The summed E-state index contributed by atoms with van der Waals surface area (Å²) >= 11 is 12.0. The van der Waals surface area contributed by atoms with Crippen LogP contribution in [-0.4, -0.2) is 18.2 Å². The normalized spacial score (nSPS) is 17.4. The van der Waals surface area contributed by atoms with Gasteiger partial charge in [0.2, 0.25) is 0 Å². The molecule has 0 unspecified atom stereocenters. The molecule has 1 atom stereocenters. The molecule has 1 fully saturated rings. The second-order valence-electron chi connectivity index (χ2n) is 5.16. The summed E-state index contributed by atoms with van der Waals surface area (Å²) in [6, 6.07) is 9.34. The zero-order chi connectivity index (χ0) is 15.7. The van der Waals surface area contributed by atoms with E-state index in [9.17, 15) is 5.26 Å². The molecule has 112 valence electrons. The number of anilines is 1. The van der Waals surface area contributed by atoms with Crippen molar-refractivity contribution in [3.05, 3.63) is 45.4 Å². The highest BCUT2D eigenvalue weighted by molar-refractivity contribution is 6.42. The maximum Gasteiger partial charge on any atom is 0.142 e. The molecule has 2 N–H and O–H groups in total. The van der Waals surface area contributed by atoms with Gasteiger partial charge in [0.25, 0.3) is 0 Å². The molecule has 1 aromatic carbocycles. The van der Waals surface area contributed by atoms with Crippen molar-refractivity contribution in [3.63, 3.8) is 0 Å². The smallest absolute Gasteiger partial charge is 0.142 e. The van der Waals surface area contributed by atoms with Gasteiger partial charge in [-0.3, -0.25) is 0 Å². The van der Waals surface area contributed by atoms with E-state index in [1.54, 1.807) is 12.1 Å². The van der Waals surface area contributed by atoms with Crippen LogP contribution in [-0.2, 0) is 4.74 Å². The van der Waals surface area contributed by atoms with Crippen molar-refractivity contribution in [3.8, 4) is 17.3 Å². The maximum absolute atomic E-state index is 9.35. The summed E-state index contributed by atoms with van der Waals surface area (Å²) in [4.78, 5) is 4.33. The number of benzene rings is 1. The molecule has 22 heavy (non-hydrogen) atoms. The number of hydrogen-bond acceptors (Lipinski definition) is 4. The fourth-order valence-corrected chi connectivity index (χ4v) is 2.91. The molecule has 2 aromatic rings. The SMILES string of the molecule is N#Cc1c([C@@H]2CCOC2)cc(-c2ccc(Cl)c(Cl)c2)nc1N. The van der Waals surface area contributed by atoms with Gasteiger partial charge in [-0.15, -0.1) is 0 Å². The first kappa shape index (κ1) is 15.1. The van der Waals surface area contributed by atoms with Gasteiger partial charge in [-0.05, 0) is 30.2 Å². The summed E-state index contributed by atoms with van der Waals surface area (Å²) in [5.41, 5.74) is 8.77. The minimum atomic E-state index is 0.168. The van der Waals surface area contributed by atoms with E-state index in [1.165, 1.54) is 0 Å². The third-order valence-electron chi connectivity index (χ3n) is 3.77. The van der Waals surface area contributed by atoms with Gasteiger partial charge in [-0.25, -0.2) is 4.98 Å². The number of hydrogen-bond donors (Lipinski definition) is 1. The third kappa shape index (κ3) is 2.76. The molecule has 1 aromatic heterocycles. The van der Waals surface area contributed by atoms with Crippen molar-refractivity contribution in [2.75, 3.05) is 18.9 Å². The van der Waals surface area contributed by atoms with Gasteiger partial charge in [0, 0.05) is 18.1 Å². The molecule has 0 spiro atoms. The zero-order valence-electron chi connectivity index (χ0n) is 11.6. The number of nitrogens with zero attached hydrogens (tertiary/aromatic N) is 2. The largest absolute Gasteiger partial charge is 0.383 e. The molecule has 2 heterocycles. The van der Waals surface area contributed by atoms with Crippen LogP contribution in [0.25, 0.3) is 11.3 Å². The Balaban J connectivity index is 2.12. The highest BCUT2D eigenvalue weighted by Crippen LogP contribution is 2.34. The molecule has 1 aliphatic heterocycles. The Hall–Kier alpha value is -1.80. The summed E-state index contributed by atoms with van der Waals surface area (Å²) < 4.78 is 5.42. The van der Waals surface area contributed by atoms with Crippen LogP contribution in [0.1, 0.15) is 23.5 Å². The van der Waals surface area contributed by atoms with Gasteiger partial charge in [0.05, 0.1) is 27.9 Å². The molecule has 1 saturated heterocycles. The molecular weight excluding hydrogens is 321 g/mol. The summed E-state index contributed by atoms with van der Waals surface area (Å²) in [5.74, 6) is 0.398. The van der Waals surface area contributed by atoms with Crippen molar-refractivity contribution >= 4 is 29.0 Å². The van der Waals surface area contributed by atoms with Crippen LogP contribution >= 0.6 is 23.2 Å². The summed E-state index contributed by atoms with van der Waals surface area (Å²) in [6.45, 7) is 1.29. The predicted molar refractivity (Wildman–Crippen MR) is 87.0 cm³/mol. The summed E-state index contributed by atoms with van der Waals surface area (Å²) in [5, 5.41) is 10.3. The highest BCUT2D eigenvalue weighted by atomic mass is 35.5. The van der Waals surface area contributed by atoms with Crippen molar-refractivity contribution in [1.82, 2.24) is 4.98 Å². The van der Waals surface area contributed by atoms with Gasteiger partial charge < -0.3 is 10.5 Å². The van der Waals surface area contributed by atoms with E-state index in [-0.39, 0.29) is 11.7 Å². The molecule has 0 radical (unpaired) electrons. The van der Waals surface area contributed by atoms with Gasteiger partial charge in [-0.2, -0.15) is 5.26 Å². The first-order valence-electron chi connectivity index (χ1n) is 6.84. The number of halogens is 2. The maximum atomic E-state index is 9.35. The minimum absolute atomic E-state index is 0.168. The second-order valence-corrected chi connectivity index (χ2v) is 5.97. The number of aromatic nitrogens is 1. The number of ether oxygens (including phenoxy) is 1. The van der Waals surface area contributed by atoms with Crippen molar-refractivity contribution < 1.29 is 4.74 Å². The quantitative estimate of drug-likeness (QED) is 0.900. The fraction of sp³-hybridized carbons (Fsp3) is 0.250. The molecule has 3 rings (SSSR count). The molecule has 4 nitrogen and oxygen atoms in total. The Morgan fingerprint density at radius 3 is 2.73 bits per heavy atom. The Morgan fingerprint density at radius 2 is 2.09 bits per heavy atom. The molecule has 0 amide bonds. The van der Waals surface area contributed by atoms with Crippen LogP contribution in [0.5, 0.6) is 0 Å². The van der Waals surface area contributed by atoms with Gasteiger partial charge in [-0.1, -0.05) is 29.3 Å². The van der Waals surface area contributed by atoms with Crippen molar-refractivity contribution in [2.45, 2.75) is 12.3 Å². The van der Waals surface area contributed by atoms with Crippen LogP contribution in [0.3, 0.4) is 0 Å². The first-order valence-corrected chi connectivity index (χ1v) is 7.59. The van der Waals surface area contributed by atoms with Crippen molar-refractivity contribution in [2.24, 2.45) is 0 Å². The molecule has 6 heteroatoms. The zero-order valence-corrected chi connectivity index (χ0v) is 13.2. The minimum Gasteiger partial charge on any atom is -0.383 e. The Morgan fingerprint density at radius 1 is 1.27 bits per heavy atom. The number of rotatable bonds is 2. The van der Waals surface area contributed by atoms with Crippen LogP contribution in [0, 0.1) is 11.3 Å². The van der Waals surface area contributed by atoms with Crippen LogP contribution in [0.4, 0.5) is 5.82 Å². The number of nitrogen functional groups attached to an aromatic ring is 1. The Labute approximate surface area is 138 Å². The molecule has 0 saturated carbocycles. The third-order valence-corrected chi connectivity index (χ3v) is 4.51. The van der Waals surface area contributed by atoms with Crippen LogP contribution in [0.15, 0.2) is 24.3 Å². The topological polar surface area (TPSA) is 71.9 Å². The Kier molecular flexibility index (Phi) is 4.21. The highest BCUT2D eigenvalue weighted by Gasteiger charge is 2.23. The molecular formula is C16H13Cl2N3O. The lowest BCUT2D eigenvalue weighted by Gasteiger charge is -2.14. The lowest BCUT2D eigenvalue weighted by atomic mass is 9.93. The van der Waals surface area contributed by atoms with Crippen LogP contribution in [0.2, 0.25) is 10.0 Å². The number of nitrogens with two attached hydrogens (primary N) is 1. The lowest BCUT2D eigenvalue weighted by Crippen LogP contribution is -2.06. The van der Waals surface area contributed by atoms with Crippen molar-refractivity contribution in [1.29, 1.82) is 5.26 Å². The first-order chi connectivity index (χ1) is 10.6. The molecule has 0 bridgehead atoms. The average Bonchev–Trinajstić information content (AvgIpc) is 3.03. The average molecular weight is 334 g/mol. The predicted octanol–water partition coefficient (Wildman–Crippen LogP) is 4.01. The van der Waals surface area contributed by atoms with E-state index in [4.69, 9.17) is 33.7 Å². The van der Waals surface area contributed by atoms with Crippen LogP contribution < -0.4 is 5.73 Å². The van der Waals surface area contributed by atoms with E-state index in [0.717, 1.165) is 17.5 Å². The summed E-state index contributed by atoms with van der Waals surface area (Å²) in [6.07, 6.45) is 0.874. The molecule has 0 aliphatic carbocycles. The second kappa shape index (κ2) is 6.13. The van der Waals surface area contributed by atoms with E-state index in [2.05, 4.69) is 11.1 Å². The fourth-order valence-electron chi connectivity index (χ4n) is 2.61. The van der Waals surface area contributed by atoms with Gasteiger partial charge in [0.1, 0.15) is 11.9 Å². The van der Waals surface area contributed by atoms with E-state index >= 15 is 0 Å². The summed E-state index contributed by atoms with van der Waals surface area (Å²) in [7, 11) is 0. The van der Waals surface area contributed by atoms with Gasteiger partial charge in [0.15, 0.2) is 0 Å². The monoisotopic (exact) mass is 333 g/mol. The van der Waals surface area contributed by atoms with E-state index < -0.39 is 0 Å². The Bertz CT molecular complexity index is 765. The van der Waals surface area contributed by atoms with E-state index in [0.29, 0.717) is 34.5 Å². The van der Waals surface area contributed by atoms with Gasteiger partial charge >= 0.3 is 0 Å². The lowest BCUT2D eigenvalue weighted by molar-refractivity contribution is 0.194. The number of pyridine rings is 1. The van der Waals surface area contributed by atoms with E-state index in [1.807, 2.05) is 12.1 Å². The number of nitriles is 1.